The maximum Gasteiger partial charge on any atom is 0.387 e. The van der Waals surface area contributed by atoms with Crippen molar-refractivity contribution in [1.82, 2.24) is 35.0 Å². The van der Waals surface area contributed by atoms with Crippen LogP contribution in [0.4, 0.5) is 14.5 Å². The molecular weight excluding hydrogens is 438 g/mol. The molecule has 5 rings (SSSR count). The van der Waals surface area contributed by atoms with Gasteiger partial charge in [0.05, 0.1) is 36.2 Å². The normalized spacial score (nSPS) is 11.1. The van der Waals surface area contributed by atoms with Gasteiger partial charge < -0.3 is 14.8 Å². The summed E-state index contributed by atoms with van der Waals surface area (Å²) >= 11 is 0. The smallest absolute Gasteiger partial charge is 0.387 e. The van der Waals surface area contributed by atoms with Gasteiger partial charge in [-0.1, -0.05) is 0 Å². The monoisotopic (exact) mass is 452 g/mol. The van der Waals surface area contributed by atoms with Crippen LogP contribution in [0.25, 0.3) is 16.9 Å². The van der Waals surface area contributed by atoms with E-state index in [1.807, 2.05) is 0 Å². The molecule has 0 atom stereocenters. The van der Waals surface area contributed by atoms with Gasteiger partial charge in [-0.15, -0.1) is 0 Å². The molecule has 0 saturated carbocycles. The molecule has 13 heteroatoms. The number of carbonyl (C=O) groups excluding carboxylic acids is 1. The second-order valence-electron chi connectivity index (χ2n) is 6.63. The van der Waals surface area contributed by atoms with Crippen LogP contribution >= 0.6 is 0 Å². The highest BCUT2D eigenvalue weighted by molar-refractivity contribution is 6.09. The van der Waals surface area contributed by atoms with Gasteiger partial charge in [-0.05, 0) is 24.3 Å². The van der Waals surface area contributed by atoms with Gasteiger partial charge in [-0.3, -0.25) is 15.0 Å². The van der Waals surface area contributed by atoms with Crippen molar-refractivity contribution in [2.24, 2.45) is 0 Å². The van der Waals surface area contributed by atoms with Crippen LogP contribution in [0.5, 0.6) is 17.2 Å². The number of nitrogens with zero attached hydrogens (tertiary/aromatic N) is 5. The molecule has 5 aromatic rings. The van der Waals surface area contributed by atoms with Gasteiger partial charge in [-0.2, -0.15) is 24.1 Å². The average molecular weight is 452 g/mol. The first-order chi connectivity index (χ1) is 16.1. The Bertz CT molecular complexity index is 1410. The maximum absolute atomic E-state index is 13.0. The fourth-order valence-electron chi connectivity index (χ4n) is 3.16. The summed E-state index contributed by atoms with van der Waals surface area (Å²) in [5.74, 6) is 0.101. The molecule has 0 aliphatic carbocycles. The summed E-state index contributed by atoms with van der Waals surface area (Å²) in [6.07, 6.45) is 8.90. The first-order valence-electron chi connectivity index (χ1n) is 9.47. The lowest BCUT2D eigenvalue weighted by atomic mass is 10.1. The third-order valence-electron chi connectivity index (χ3n) is 4.56. The van der Waals surface area contributed by atoms with E-state index in [1.54, 1.807) is 12.3 Å². The van der Waals surface area contributed by atoms with E-state index in [0.717, 1.165) is 0 Å². The molecule has 0 unspecified atom stereocenters. The number of aromatic nitrogens is 7. The van der Waals surface area contributed by atoms with Crippen LogP contribution in [-0.4, -0.2) is 47.5 Å². The summed E-state index contributed by atoms with van der Waals surface area (Å²) in [5.41, 5.74) is 1.25. The van der Waals surface area contributed by atoms with Crippen LogP contribution in [-0.2, 0) is 0 Å². The largest absolute Gasteiger partial charge is 0.454 e. The highest BCUT2D eigenvalue weighted by atomic mass is 19.3. The zero-order valence-corrected chi connectivity index (χ0v) is 16.6. The van der Waals surface area contributed by atoms with E-state index in [2.05, 4.69) is 40.5 Å². The maximum atomic E-state index is 13.0. The van der Waals surface area contributed by atoms with E-state index < -0.39 is 12.5 Å². The number of nitrogens with one attached hydrogen (secondary N) is 3. The summed E-state index contributed by atoms with van der Waals surface area (Å²) in [7, 11) is 0. The lowest BCUT2D eigenvalue weighted by Crippen LogP contribution is -2.12. The number of benzene rings is 1. The van der Waals surface area contributed by atoms with Crippen LogP contribution in [0.2, 0.25) is 0 Å². The number of H-pyrrole nitrogens is 2. The Morgan fingerprint density at radius 3 is 2.88 bits per heavy atom. The molecule has 33 heavy (non-hydrogen) atoms. The Morgan fingerprint density at radius 1 is 1.15 bits per heavy atom. The van der Waals surface area contributed by atoms with E-state index in [9.17, 15) is 13.6 Å². The third-order valence-corrected chi connectivity index (χ3v) is 4.56. The van der Waals surface area contributed by atoms with Gasteiger partial charge >= 0.3 is 6.61 Å². The number of ether oxygens (including phenoxy) is 2. The van der Waals surface area contributed by atoms with Crippen LogP contribution in [0.3, 0.4) is 0 Å². The molecule has 0 bridgehead atoms. The van der Waals surface area contributed by atoms with Crippen LogP contribution in [0.15, 0.2) is 61.4 Å². The number of halogens is 2. The van der Waals surface area contributed by atoms with Gasteiger partial charge in [0.25, 0.3) is 5.91 Å². The average Bonchev–Trinajstić information content (AvgIpc) is 3.55. The standard InChI is InChI=1S/C20H14F2N8O3/c21-20(22)33-16-3-2-11(32-12-7-24-25-8-12)6-13(16)17-15(10-26-29-17)28-19(31)14-9-27-30-5-1-4-23-18(14)30/h1-10,20H,(H,24,25)(H,26,29)(H,28,31). The first kappa shape index (κ1) is 20.1. The molecule has 4 aromatic heterocycles. The van der Waals surface area contributed by atoms with E-state index in [4.69, 9.17) is 4.74 Å². The fraction of sp³-hybridized carbons (Fsp3) is 0.0500. The number of anilines is 1. The van der Waals surface area contributed by atoms with E-state index in [-0.39, 0.29) is 28.3 Å². The van der Waals surface area contributed by atoms with Crippen molar-refractivity contribution in [2.45, 2.75) is 6.61 Å². The summed E-state index contributed by atoms with van der Waals surface area (Å²) in [5, 5.41) is 19.8. The molecule has 0 spiro atoms. The predicted octanol–water partition coefficient (Wildman–Crippen LogP) is 3.49. The molecule has 0 aliphatic rings. The van der Waals surface area contributed by atoms with Crippen molar-refractivity contribution >= 4 is 17.2 Å². The second kappa shape index (κ2) is 8.37. The highest BCUT2D eigenvalue weighted by Crippen LogP contribution is 2.38. The highest BCUT2D eigenvalue weighted by Gasteiger charge is 2.21. The first-order valence-corrected chi connectivity index (χ1v) is 9.47. The predicted molar refractivity (Wildman–Crippen MR) is 110 cm³/mol. The SMILES string of the molecule is O=C(Nc1cn[nH]c1-c1cc(Oc2cn[nH]c2)ccc1OC(F)F)c1cnn2cccnc12. The molecule has 4 heterocycles. The molecule has 1 aromatic carbocycles. The van der Waals surface area contributed by atoms with Crippen molar-refractivity contribution in [3.8, 4) is 28.5 Å². The minimum absolute atomic E-state index is 0.137. The number of alkyl halides is 2. The van der Waals surface area contributed by atoms with Crippen molar-refractivity contribution in [3.63, 3.8) is 0 Å². The van der Waals surface area contributed by atoms with Crippen LogP contribution < -0.4 is 14.8 Å². The summed E-state index contributed by atoms with van der Waals surface area (Å²) in [6, 6.07) is 5.95. The van der Waals surface area contributed by atoms with Gasteiger partial charge in [0.1, 0.15) is 17.1 Å². The number of hydrogen-bond donors (Lipinski definition) is 3. The van der Waals surface area contributed by atoms with Crippen molar-refractivity contribution in [1.29, 1.82) is 0 Å². The summed E-state index contributed by atoms with van der Waals surface area (Å²) in [4.78, 5) is 17.0. The Labute approximate surface area is 183 Å². The van der Waals surface area contributed by atoms with Gasteiger partial charge in [0, 0.05) is 18.0 Å². The lowest BCUT2D eigenvalue weighted by molar-refractivity contribution is -0.0494. The molecule has 0 fully saturated rings. The summed E-state index contributed by atoms with van der Waals surface area (Å²) < 4.78 is 37.8. The Balaban J connectivity index is 1.49. The van der Waals surface area contributed by atoms with Crippen molar-refractivity contribution < 1.29 is 23.0 Å². The summed E-state index contributed by atoms with van der Waals surface area (Å²) in [6.45, 7) is -3.06. The molecule has 11 nitrogen and oxygen atoms in total. The Kier molecular flexibility index (Phi) is 5.10. The van der Waals surface area contributed by atoms with Crippen molar-refractivity contribution in [3.05, 3.63) is 67.0 Å². The lowest BCUT2D eigenvalue weighted by Gasteiger charge is -2.13. The van der Waals surface area contributed by atoms with E-state index in [0.29, 0.717) is 17.1 Å². The van der Waals surface area contributed by atoms with Crippen LogP contribution in [0.1, 0.15) is 10.4 Å². The van der Waals surface area contributed by atoms with Gasteiger partial charge in [0.15, 0.2) is 11.4 Å². The minimum Gasteiger partial charge on any atom is -0.454 e. The molecule has 0 radical (unpaired) electrons. The Morgan fingerprint density at radius 2 is 2.06 bits per heavy atom. The number of amides is 1. The van der Waals surface area contributed by atoms with E-state index in [1.165, 1.54) is 53.7 Å². The number of carbonyl (C=O) groups is 1. The van der Waals surface area contributed by atoms with Crippen LogP contribution in [0, 0.1) is 0 Å². The number of fused-ring (bicyclic) bond motifs is 1. The fourth-order valence-corrected chi connectivity index (χ4v) is 3.16. The number of rotatable bonds is 7. The minimum atomic E-state index is -3.06. The molecule has 0 saturated heterocycles. The molecule has 166 valence electrons. The number of hydrogen-bond acceptors (Lipinski definition) is 7. The Hall–Kier alpha value is -4.81. The van der Waals surface area contributed by atoms with Gasteiger partial charge in [0.2, 0.25) is 0 Å². The molecule has 3 N–H and O–H groups in total. The number of aromatic amines is 2. The zero-order valence-electron chi connectivity index (χ0n) is 16.6. The van der Waals surface area contributed by atoms with Gasteiger partial charge in [-0.25, -0.2) is 9.50 Å². The second-order valence-corrected chi connectivity index (χ2v) is 6.63. The third kappa shape index (κ3) is 4.06. The molecular formula is C20H14F2N8O3. The zero-order chi connectivity index (χ0) is 22.8. The quantitative estimate of drug-likeness (QED) is 0.344. The molecule has 1 amide bonds. The topological polar surface area (TPSA) is 135 Å². The van der Waals surface area contributed by atoms with Crippen molar-refractivity contribution in [2.75, 3.05) is 5.32 Å². The molecule has 0 aliphatic heterocycles. The van der Waals surface area contributed by atoms with E-state index >= 15 is 0 Å².